The lowest BCUT2D eigenvalue weighted by molar-refractivity contribution is -0.123. The molecule has 0 bridgehead atoms. The number of nitrogen functional groups attached to an aromatic ring is 1. The summed E-state index contributed by atoms with van der Waals surface area (Å²) in [5.41, 5.74) is 5.80. The molecule has 0 saturated carbocycles. The third-order valence-corrected chi connectivity index (χ3v) is 2.86. The van der Waals surface area contributed by atoms with Crippen molar-refractivity contribution in [2.75, 3.05) is 12.3 Å². The SMILES string of the molecule is CCNC(=O)C(C)n1c(N)nc2c(F)cc(F)cc21. The Balaban J connectivity index is 2.60. The van der Waals surface area contributed by atoms with E-state index in [9.17, 15) is 13.6 Å². The minimum absolute atomic E-state index is 0.0294. The van der Waals surface area contributed by atoms with Crippen LogP contribution >= 0.6 is 0 Å². The fourth-order valence-corrected chi connectivity index (χ4v) is 1.98. The second-order valence-electron chi connectivity index (χ2n) is 4.17. The molecule has 19 heavy (non-hydrogen) atoms. The number of nitrogens with two attached hydrogens (primary N) is 1. The first-order valence-electron chi connectivity index (χ1n) is 5.85. The maximum Gasteiger partial charge on any atom is 0.242 e. The maximum atomic E-state index is 13.6. The first-order valence-corrected chi connectivity index (χ1v) is 5.85. The van der Waals surface area contributed by atoms with Crippen molar-refractivity contribution >= 4 is 22.9 Å². The van der Waals surface area contributed by atoms with Gasteiger partial charge in [0.05, 0.1) is 5.52 Å². The summed E-state index contributed by atoms with van der Waals surface area (Å²) in [4.78, 5) is 15.6. The maximum absolute atomic E-state index is 13.6. The van der Waals surface area contributed by atoms with Gasteiger partial charge < -0.3 is 11.1 Å². The van der Waals surface area contributed by atoms with Crippen LogP contribution in [0.5, 0.6) is 0 Å². The highest BCUT2D eigenvalue weighted by Crippen LogP contribution is 2.25. The zero-order chi connectivity index (χ0) is 14.2. The molecule has 1 atom stereocenters. The number of carbonyl (C=O) groups is 1. The molecule has 2 rings (SSSR count). The van der Waals surface area contributed by atoms with Crippen LogP contribution in [0, 0.1) is 11.6 Å². The van der Waals surface area contributed by atoms with Crippen LogP contribution in [0.3, 0.4) is 0 Å². The Hall–Kier alpha value is -2.18. The Labute approximate surface area is 108 Å². The van der Waals surface area contributed by atoms with E-state index in [2.05, 4.69) is 10.3 Å². The van der Waals surface area contributed by atoms with Crippen LogP contribution in [0.4, 0.5) is 14.7 Å². The Morgan fingerprint density at radius 3 is 2.84 bits per heavy atom. The van der Waals surface area contributed by atoms with Gasteiger partial charge in [0.15, 0.2) is 5.82 Å². The van der Waals surface area contributed by atoms with Crippen molar-refractivity contribution in [1.29, 1.82) is 0 Å². The van der Waals surface area contributed by atoms with Crippen molar-refractivity contribution < 1.29 is 13.6 Å². The van der Waals surface area contributed by atoms with Crippen molar-refractivity contribution in [3.8, 4) is 0 Å². The summed E-state index contributed by atoms with van der Waals surface area (Å²) in [5.74, 6) is -1.87. The van der Waals surface area contributed by atoms with Gasteiger partial charge in [-0.05, 0) is 13.8 Å². The monoisotopic (exact) mass is 268 g/mol. The number of amides is 1. The number of nitrogens with one attached hydrogen (secondary N) is 1. The molecular formula is C12H14F2N4O. The second-order valence-corrected chi connectivity index (χ2v) is 4.17. The zero-order valence-corrected chi connectivity index (χ0v) is 10.6. The first-order chi connectivity index (χ1) is 8.95. The normalized spacial score (nSPS) is 12.6. The van der Waals surface area contributed by atoms with Crippen LogP contribution in [0.25, 0.3) is 11.0 Å². The highest BCUT2D eigenvalue weighted by molar-refractivity contribution is 5.85. The van der Waals surface area contributed by atoms with E-state index >= 15 is 0 Å². The van der Waals surface area contributed by atoms with Gasteiger partial charge >= 0.3 is 0 Å². The van der Waals surface area contributed by atoms with Gasteiger partial charge in [-0.1, -0.05) is 0 Å². The summed E-state index contributed by atoms with van der Waals surface area (Å²) in [6.45, 7) is 3.82. The minimum atomic E-state index is -0.802. The van der Waals surface area contributed by atoms with Gasteiger partial charge in [0, 0.05) is 18.7 Å². The van der Waals surface area contributed by atoms with Crippen molar-refractivity contribution in [3.63, 3.8) is 0 Å². The van der Waals surface area contributed by atoms with E-state index in [0.717, 1.165) is 12.1 Å². The predicted octanol–water partition coefficient (Wildman–Crippen LogP) is 1.59. The molecular weight excluding hydrogens is 254 g/mol. The number of hydrogen-bond donors (Lipinski definition) is 2. The molecule has 0 aliphatic carbocycles. The van der Waals surface area contributed by atoms with Gasteiger partial charge in [0.2, 0.25) is 11.9 Å². The standard InChI is InChI=1S/C12H14F2N4O/c1-3-16-11(19)6(2)18-9-5-7(13)4-8(14)10(9)17-12(18)15/h4-6H,3H2,1-2H3,(H2,15,17)(H,16,19). The second kappa shape index (κ2) is 4.83. The summed E-state index contributed by atoms with van der Waals surface area (Å²) >= 11 is 0. The third kappa shape index (κ3) is 2.23. The predicted molar refractivity (Wildman–Crippen MR) is 67.5 cm³/mol. The van der Waals surface area contributed by atoms with Crippen LogP contribution in [0.2, 0.25) is 0 Å². The molecule has 1 unspecified atom stereocenters. The number of carbonyl (C=O) groups excluding carboxylic acids is 1. The molecule has 1 aromatic carbocycles. The zero-order valence-electron chi connectivity index (χ0n) is 10.6. The summed E-state index contributed by atoms with van der Waals surface area (Å²) in [6.07, 6.45) is 0. The molecule has 0 saturated heterocycles. The van der Waals surface area contributed by atoms with Crippen molar-refractivity contribution in [2.45, 2.75) is 19.9 Å². The molecule has 3 N–H and O–H groups in total. The van der Waals surface area contributed by atoms with Crippen molar-refractivity contribution in [2.24, 2.45) is 0 Å². The van der Waals surface area contributed by atoms with Crippen LogP contribution in [-0.2, 0) is 4.79 Å². The molecule has 7 heteroatoms. The molecule has 1 amide bonds. The summed E-state index contributed by atoms with van der Waals surface area (Å²) in [5, 5.41) is 2.62. The topological polar surface area (TPSA) is 72.9 Å². The van der Waals surface area contributed by atoms with Crippen LogP contribution in [-0.4, -0.2) is 22.0 Å². The van der Waals surface area contributed by atoms with Crippen LogP contribution in [0.1, 0.15) is 19.9 Å². The summed E-state index contributed by atoms with van der Waals surface area (Å²) in [6, 6.07) is 1.14. The van der Waals surface area contributed by atoms with Gasteiger partial charge in [-0.3, -0.25) is 9.36 Å². The molecule has 0 fully saturated rings. The number of nitrogens with zero attached hydrogens (tertiary/aromatic N) is 2. The Morgan fingerprint density at radius 2 is 2.21 bits per heavy atom. The van der Waals surface area contributed by atoms with E-state index in [1.54, 1.807) is 13.8 Å². The number of rotatable bonds is 3. The van der Waals surface area contributed by atoms with E-state index in [-0.39, 0.29) is 22.9 Å². The van der Waals surface area contributed by atoms with Crippen LogP contribution < -0.4 is 11.1 Å². The lowest BCUT2D eigenvalue weighted by Crippen LogP contribution is -2.31. The molecule has 102 valence electrons. The summed E-state index contributed by atoms with van der Waals surface area (Å²) in [7, 11) is 0. The number of imidazole rings is 1. The van der Waals surface area contributed by atoms with E-state index in [4.69, 9.17) is 5.73 Å². The van der Waals surface area contributed by atoms with Gasteiger partial charge in [-0.25, -0.2) is 13.8 Å². The van der Waals surface area contributed by atoms with Gasteiger partial charge in [-0.15, -0.1) is 0 Å². The number of fused-ring (bicyclic) bond motifs is 1. The Kier molecular flexibility index (Phi) is 3.37. The fraction of sp³-hybridized carbons (Fsp3) is 0.333. The molecule has 2 aromatic rings. The number of benzene rings is 1. The molecule has 0 radical (unpaired) electrons. The Bertz CT molecular complexity index is 638. The van der Waals surface area contributed by atoms with E-state index in [1.807, 2.05) is 0 Å². The number of aromatic nitrogens is 2. The molecule has 0 aliphatic rings. The van der Waals surface area contributed by atoms with Gasteiger partial charge in [0.1, 0.15) is 17.4 Å². The number of hydrogen-bond acceptors (Lipinski definition) is 3. The smallest absolute Gasteiger partial charge is 0.242 e. The molecule has 5 nitrogen and oxygen atoms in total. The van der Waals surface area contributed by atoms with Crippen LogP contribution in [0.15, 0.2) is 12.1 Å². The first kappa shape index (κ1) is 13.3. The summed E-state index contributed by atoms with van der Waals surface area (Å²) < 4.78 is 28.2. The molecule has 0 spiro atoms. The fourth-order valence-electron chi connectivity index (χ4n) is 1.98. The lowest BCUT2D eigenvalue weighted by atomic mass is 10.2. The third-order valence-electron chi connectivity index (χ3n) is 2.86. The molecule has 0 aliphatic heterocycles. The number of likely N-dealkylation sites (N-methyl/N-ethyl adjacent to an activating group) is 1. The van der Waals surface area contributed by atoms with E-state index < -0.39 is 17.7 Å². The highest BCUT2D eigenvalue weighted by Gasteiger charge is 2.22. The lowest BCUT2D eigenvalue weighted by Gasteiger charge is -2.15. The quantitative estimate of drug-likeness (QED) is 0.888. The molecule has 1 aromatic heterocycles. The van der Waals surface area contributed by atoms with Gasteiger partial charge in [-0.2, -0.15) is 0 Å². The van der Waals surface area contributed by atoms with Crippen molar-refractivity contribution in [1.82, 2.24) is 14.9 Å². The largest absolute Gasteiger partial charge is 0.369 e. The van der Waals surface area contributed by atoms with Gasteiger partial charge in [0.25, 0.3) is 0 Å². The van der Waals surface area contributed by atoms with E-state index in [0.29, 0.717) is 6.54 Å². The average Bonchev–Trinajstić information content (AvgIpc) is 2.65. The minimum Gasteiger partial charge on any atom is -0.369 e. The Morgan fingerprint density at radius 1 is 1.53 bits per heavy atom. The number of anilines is 1. The average molecular weight is 268 g/mol. The van der Waals surface area contributed by atoms with E-state index in [1.165, 1.54) is 4.57 Å². The highest BCUT2D eigenvalue weighted by atomic mass is 19.1. The molecule has 1 heterocycles. The number of halogens is 2. The van der Waals surface area contributed by atoms with Crippen molar-refractivity contribution in [3.05, 3.63) is 23.8 Å².